The molecule has 35 heavy (non-hydrogen) atoms. The van der Waals surface area contributed by atoms with Gasteiger partial charge in [0.15, 0.2) is 0 Å². The van der Waals surface area contributed by atoms with E-state index in [1.165, 1.54) is 17.0 Å². The van der Waals surface area contributed by atoms with Gasteiger partial charge in [0.1, 0.15) is 23.4 Å². The first-order valence-corrected chi connectivity index (χ1v) is 11.9. The van der Waals surface area contributed by atoms with Crippen LogP contribution in [0.1, 0.15) is 78.8 Å². The fourth-order valence-corrected chi connectivity index (χ4v) is 3.53. The Balaban J connectivity index is 3.38. The fourth-order valence-electron chi connectivity index (χ4n) is 3.53. The summed E-state index contributed by atoms with van der Waals surface area (Å²) in [5.74, 6) is -1.99. The molecule has 0 spiro atoms. The van der Waals surface area contributed by atoms with E-state index in [0.29, 0.717) is 12.1 Å². The van der Waals surface area contributed by atoms with Gasteiger partial charge in [-0.1, -0.05) is 31.9 Å². The van der Waals surface area contributed by atoms with Gasteiger partial charge in [-0.2, -0.15) is 0 Å². The predicted molar refractivity (Wildman–Crippen MR) is 132 cm³/mol. The van der Waals surface area contributed by atoms with Gasteiger partial charge >= 0.3 is 6.09 Å². The maximum Gasteiger partial charge on any atom is 0.408 e. The van der Waals surface area contributed by atoms with Crippen molar-refractivity contribution in [1.82, 2.24) is 15.5 Å². The van der Waals surface area contributed by atoms with Crippen molar-refractivity contribution in [2.45, 2.75) is 91.0 Å². The SMILES string of the molecule is CCCCCNC(=O)C(c1cccc(O)c1)N(C(=O)C(CC(N)=O)NC(=O)OC(C)(C)C)C(C)C. The second-order valence-corrected chi connectivity index (χ2v) is 9.70. The number of hydrogen-bond acceptors (Lipinski definition) is 6. The number of nitrogens with zero attached hydrogens (tertiary/aromatic N) is 1. The molecule has 196 valence electrons. The molecule has 0 saturated carbocycles. The summed E-state index contributed by atoms with van der Waals surface area (Å²) < 4.78 is 5.24. The zero-order valence-corrected chi connectivity index (χ0v) is 21.6. The standard InChI is InChI=1S/C25H40N4O6/c1-7-8-9-13-27-22(32)21(17-11-10-12-18(30)14-17)29(16(2)3)23(33)19(15-20(26)31)28-24(34)35-25(4,5)6/h10-12,14,16,19,21,30H,7-9,13,15H2,1-6H3,(H2,26,31)(H,27,32)(H,28,34). The van der Waals surface area contributed by atoms with Crippen LogP contribution >= 0.6 is 0 Å². The highest BCUT2D eigenvalue weighted by Gasteiger charge is 2.38. The maximum absolute atomic E-state index is 13.7. The van der Waals surface area contributed by atoms with Gasteiger partial charge < -0.3 is 31.1 Å². The number of phenolic OH excluding ortho intramolecular Hbond substituents is 1. The van der Waals surface area contributed by atoms with E-state index in [1.807, 2.05) is 6.92 Å². The largest absolute Gasteiger partial charge is 0.508 e. The number of nitrogens with one attached hydrogen (secondary N) is 2. The minimum atomic E-state index is -1.35. The Morgan fingerprint density at radius 3 is 2.31 bits per heavy atom. The molecule has 0 heterocycles. The first-order chi connectivity index (χ1) is 16.3. The van der Waals surface area contributed by atoms with Crippen molar-refractivity contribution in [1.29, 1.82) is 0 Å². The van der Waals surface area contributed by atoms with Gasteiger partial charge in [0, 0.05) is 12.6 Å². The Labute approximate surface area is 207 Å². The summed E-state index contributed by atoms with van der Waals surface area (Å²) in [7, 11) is 0. The predicted octanol–water partition coefficient (Wildman–Crippen LogP) is 2.75. The highest BCUT2D eigenvalue weighted by atomic mass is 16.6. The first-order valence-electron chi connectivity index (χ1n) is 11.9. The molecule has 0 fully saturated rings. The number of primary amides is 1. The number of carbonyl (C=O) groups is 4. The van der Waals surface area contributed by atoms with Crippen LogP contribution in [0.15, 0.2) is 24.3 Å². The van der Waals surface area contributed by atoms with E-state index in [-0.39, 0.29) is 5.75 Å². The number of hydrogen-bond donors (Lipinski definition) is 4. The van der Waals surface area contributed by atoms with Gasteiger partial charge in [-0.25, -0.2) is 4.79 Å². The van der Waals surface area contributed by atoms with Crippen LogP contribution in [-0.4, -0.2) is 58.1 Å². The lowest BCUT2D eigenvalue weighted by molar-refractivity contribution is -0.145. The topological polar surface area (TPSA) is 151 Å². The minimum Gasteiger partial charge on any atom is -0.508 e. The van der Waals surface area contributed by atoms with E-state index >= 15 is 0 Å². The lowest BCUT2D eigenvalue weighted by atomic mass is 10.00. The highest BCUT2D eigenvalue weighted by Crippen LogP contribution is 2.27. The molecule has 1 aromatic rings. The summed E-state index contributed by atoms with van der Waals surface area (Å²) in [6.07, 6.45) is 1.32. The monoisotopic (exact) mass is 492 g/mol. The minimum absolute atomic E-state index is 0.0667. The maximum atomic E-state index is 13.7. The number of unbranched alkanes of at least 4 members (excludes halogenated alkanes) is 2. The normalized spacial score (nSPS) is 13.0. The average molecular weight is 493 g/mol. The number of amides is 4. The van der Waals surface area contributed by atoms with E-state index in [4.69, 9.17) is 10.5 Å². The van der Waals surface area contributed by atoms with Crippen LogP contribution in [-0.2, 0) is 19.1 Å². The number of rotatable bonds is 12. The smallest absolute Gasteiger partial charge is 0.408 e. The second-order valence-electron chi connectivity index (χ2n) is 9.70. The van der Waals surface area contributed by atoms with Crippen molar-refractivity contribution in [3.05, 3.63) is 29.8 Å². The number of carbonyl (C=O) groups excluding carboxylic acids is 4. The molecule has 4 amide bonds. The van der Waals surface area contributed by atoms with Crippen LogP contribution in [0.5, 0.6) is 5.75 Å². The van der Waals surface area contributed by atoms with E-state index in [0.717, 1.165) is 19.3 Å². The second kappa shape index (κ2) is 13.6. The zero-order valence-electron chi connectivity index (χ0n) is 21.6. The number of benzene rings is 1. The van der Waals surface area contributed by atoms with Crippen molar-refractivity contribution in [3.63, 3.8) is 0 Å². The van der Waals surface area contributed by atoms with Crippen molar-refractivity contribution in [2.24, 2.45) is 5.73 Å². The zero-order chi connectivity index (χ0) is 26.8. The molecule has 2 atom stereocenters. The summed E-state index contributed by atoms with van der Waals surface area (Å²) in [4.78, 5) is 52.5. The summed E-state index contributed by atoms with van der Waals surface area (Å²) in [6.45, 7) is 10.9. The third kappa shape index (κ3) is 10.2. The number of alkyl carbamates (subject to hydrolysis) is 1. The van der Waals surface area contributed by atoms with Crippen LogP contribution in [0.25, 0.3) is 0 Å². The Morgan fingerprint density at radius 2 is 1.80 bits per heavy atom. The van der Waals surface area contributed by atoms with E-state index < -0.39 is 54.0 Å². The van der Waals surface area contributed by atoms with Crippen molar-refractivity contribution >= 4 is 23.8 Å². The van der Waals surface area contributed by atoms with E-state index in [1.54, 1.807) is 46.8 Å². The Hall–Kier alpha value is -3.30. The summed E-state index contributed by atoms with van der Waals surface area (Å²) in [6, 6.07) is 3.09. The molecule has 10 heteroatoms. The van der Waals surface area contributed by atoms with Crippen LogP contribution in [0.3, 0.4) is 0 Å². The molecule has 1 aromatic carbocycles. The van der Waals surface area contributed by atoms with Crippen LogP contribution < -0.4 is 16.4 Å². The molecule has 0 aliphatic rings. The van der Waals surface area contributed by atoms with Gasteiger partial charge in [0.25, 0.3) is 0 Å². The molecule has 0 saturated heterocycles. The van der Waals surface area contributed by atoms with Crippen LogP contribution in [0.2, 0.25) is 0 Å². The summed E-state index contributed by atoms with van der Waals surface area (Å²) in [5, 5.41) is 15.3. The molecule has 0 aromatic heterocycles. The molecular weight excluding hydrogens is 452 g/mol. The third-order valence-corrected chi connectivity index (χ3v) is 5.00. The van der Waals surface area contributed by atoms with E-state index in [2.05, 4.69) is 10.6 Å². The fraction of sp³-hybridized carbons (Fsp3) is 0.600. The van der Waals surface area contributed by atoms with Gasteiger partial charge in [0.2, 0.25) is 17.7 Å². The van der Waals surface area contributed by atoms with Gasteiger partial charge in [-0.15, -0.1) is 0 Å². The first kappa shape index (κ1) is 29.7. The van der Waals surface area contributed by atoms with Gasteiger partial charge in [-0.05, 0) is 58.7 Å². The van der Waals surface area contributed by atoms with Gasteiger partial charge in [-0.3, -0.25) is 14.4 Å². The third-order valence-electron chi connectivity index (χ3n) is 5.00. The molecule has 0 aliphatic heterocycles. The molecule has 0 radical (unpaired) electrons. The average Bonchev–Trinajstić information content (AvgIpc) is 2.72. The molecular formula is C25H40N4O6. The molecule has 0 bridgehead atoms. The quantitative estimate of drug-likeness (QED) is 0.329. The molecule has 1 rings (SSSR count). The highest BCUT2D eigenvalue weighted by molar-refractivity contribution is 5.94. The number of aromatic hydroxyl groups is 1. The molecule has 0 aliphatic carbocycles. The number of ether oxygens (including phenoxy) is 1. The molecule has 2 unspecified atom stereocenters. The summed E-state index contributed by atoms with van der Waals surface area (Å²) >= 11 is 0. The lowest BCUT2D eigenvalue weighted by Gasteiger charge is -2.37. The summed E-state index contributed by atoms with van der Waals surface area (Å²) in [5.41, 5.74) is 4.91. The van der Waals surface area contributed by atoms with Crippen molar-refractivity contribution in [2.75, 3.05) is 6.54 Å². The molecule has 5 N–H and O–H groups in total. The Kier molecular flexibility index (Phi) is 11.5. The number of phenols is 1. The van der Waals surface area contributed by atoms with Crippen LogP contribution in [0.4, 0.5) is 4.79 Å². The van der Waals surface area contributed by atoms with E-state index in [9.17, 15) is 24.3 Å². The molecule has 10 nitrogen and oxygen atoms in total. The van der Waals surface area contributed by atoms with Crippen LogP contribution in [0, 0.1) is 0 Å². The van der Waals surface area contributed by atoms with Crippen molar-refractivity contribution < 1.29 is 29.0 Å². The lowest BCUT2D eigenvalue weighted by Crippen LogP contribution is -2.56. The Morgan fingerprint density at radius 1 is 1.14 bits per heavy atom. The number of nitrogens with two attached hydrogens (primary N) is 1. The van der Waals surface area contributed by atoms with Crippen molar-refractivity contribution in [3.8, 4) is 5.75 Å². The Bertz CT molecular complexity index is 881. The van der Waals surface area contributed by atoms with Gasteiger partial charge in [0.05, 0.1) is 6.42 Å².